The minimum atomic E-state index is -0.431. The normalized spacial score (nSPS) is 11.8. The van der Waals surface area contributed by atoms with Crippen molar-refractivity contribution in [3.8, 4) is 0 Å². The minimum absolute atomic E-state index is 0.0251. The van der Waals surface area contributed by atoms with E-state index < -0.39 is 4.92 Å². The highest BCUT2D eigenvalue weighted by molar-refractivity contribution is 7.18. The van der Waals surface area contributed by atoms with Crippen LogP contribution in [0, 0.1) is 10.1 Å². The van der Waals surface area contributed by atoms with E-state index in [1.54, 1.807) is 6.20 Å². The van der Waals surface area contributed by atoms with Crippen molar-refractivity contribution in [3.05, 3.63) is 82.3 Å². The van der Waals surface area contributed by atoms with Crippen LogP contribution in [0.2, 0.25) is 0 Å². The van der Waals surface area contributed by atoms with Gasteiger partial charge in [0.05, 0.1) is 11.0 Å². The van der Waals surface area contributed by atoms with E-state index in [1.807, 2.05) is 48.5 Å². The largest absolute Gasteiger partial charge is 0.354 e. The van der Waals surface area contributed by atoms with Gasteiger partial charge >= 0.3 is 5.00 Å². The van der Waals surface area contributed by atoms with Crippen LogP contribution < -0.4 is 5.32 Å². The summed E-state index contributed by atoms with van der Waals surface area (Å²) in [5, 5.41) is 14.6. The Labute approximate surface area is 137 Å². The molecule has 0 aliphatic rings. The highest BCUT2D eigenvalue weighted by Crippen LogP contribution is 2.29. The van der Waals surface area contributed by atoms with E-state index in [2.05, 4.69) is 15.3 Å². The Balaban J connectivity index is 1.84. The molecule has 0 aliphatic heterocycles. The number of aromatic nitrogens is 2. The number of rotatable bonds is 6. The van der Waals surface area contributed by atoms with E-state index in [-0.39, 0.29) is 11.0 Å². The summed E-state index contributed by atoms with van der Waals surface area (Å²) in [7, 11) is 0. The average molecular weight is 326 g/mol. The zero-order chi connectivity index (χ0) is 16.1. The number of nitrogens with zero attached hydrogens (tertiary/aromatic N) is 3. The molecule has 23 heavy (non-hydrogen) atoms. The van der Waals surface area contributed by atoms with E-state index in [4.69, 9.17) is 0 Å². The number of thiazole rings is 1. The lowest BCUT2D eigenvalue weighted by Gasteiger charge is -2.18. The molecule has 1 aromatic carbocycles. The average Bonchev–Trinajstić information content (AvgIpc) is 3.05. The van der Waals surface area contributed by atoms with Gasteiger partial charge in [-0.05, 0) is 29.0 Å². The van der Waals surface area contributed by atoms with E-state index in [0.29, 0.717) is 11.6 Å². The van der Waals surface area contributed by atoms with Crippen LogP contribution in [-0.2, 0) is 6.42 Å². The first-order chi connectivity index (χ1) is 11.2. The molecule has 2 aromatic heterocycles. The Morgan fingerprint density at radius 1 is 1.13 bits per heavy atom. The van der Waals surface area contributed by atoms with Gasteiger partial charge < -0.3 is 5.32 Å². The van der Waals surface area contributed by atoms with Crippen LogP contribution >= 0.6 is 11.3 Å². The topological polar surface area (TPSA) is 81.0 Å². The second kappa shape index (κ2) is 6.97. The molecule has 116 valence electrons. The third kappa shape index (κ3) is 3.89. The molecule has 3 aromatic rings. The van der Waals surface area contributed by atoms with E-state index >= 15 is 0 Å². The Morgan fingerprint density at radius 3 is 2.57 bits per heavy atom. The van der Waals surface area contributed by atoms with Crippen LogP contribution in [0.5, 0.6) is 0 Å². The standard InChI is InChI=1S/C16H14N4O2S/c21-20(22)15-11-18-16(23-15)19-14(12-6-2-1-3-7-12)10-13-8-4-5-9-17-13/h1-9,11,14H,10H2,(H,18,19). The van der Waals surface area contributed by atoms with Crippen molar-refractivity contribution in [1.82, 2.24) is 9.97 Å². The number of benzene rings is 1. The molecular formula is C16H14N4O2S. The summed E-state index contributed by atoms with van der Waals surface area (Å²) in [6.45, 7) is 0. The van der Waals surface area contributed by atoms with Crippen molar-refractivity contribution in [2.75, 3.05) is 5.32 Å². The first-order valence-corrected chi connectivity index (χ1v) is 7.85. The Hall–Kier alpha value is -2.80. The molecule has 1 N–H and O–H groups in total. The summed E-state index contributed by atoms with van der Waals surface area (Å²) < 4.78 is 0. The predicted molar refractivity (Wildman–Crippen MR) is 89.5 cm³/mol. The fourth-order valence-corrected chi connectivity index (χ4v) is 2.92. The van der Waals surface area contributed by atoms with Crippen molar-refractivity contribution in [2.45, 2.75) is 12.5 Å². The van der Waals surface area contributed by atoms with Gasteiger partial charge in [0.1, 0.15) is 6.20 Å². The van der Waals surface area contributed by atoms with Crippen molar-refractivity contribution >= 4 is 21.5 Å². The molecule has 2 heterocycles. The number of hydrogen-bond donors (Lipinski definition) is 1. The smallest absolute Gasteiger partial charge is 0.345 e. The first kappa shape index (κ1) is 15.1. The maximum Gasteiger partial charge on any atom is 0.345 e. The lowest BCUT2D eigenvalue weighted by molar-refractivity contribution is -0.380. The van der Waals surface area contributed by atoms with Gasteiger partial charge in [-0.2, -0.15) is 0 Å². The quantitative estimate of drug-likeness (QED) is 0.550. The molecular weight excluding hydrogens is 312 g/mol. The van der Waals surface area contributed by atoms with Crippen LogP contribution in [-0.4, -0.2) is 14.9 Å². The molecule has 0 amide bonds. The molecule has 0 fully saturated rings. The molecule has 0 aliphatic carbocycles. The van der Waals surface area contributed by atoms with Crippen molar-refractivity contribution in [3.63, 3.8) is 0 Å². The number of pyridine rings is 1. The van der Waals surface area contributed by atoms with Gasteiger partial charge in [-0.3, -0.25) is 15.1 Å². The molecule has 3 rings (SSSR count). The second-order valence-electron chi connectivity index (χ2n) is 4.89. The highest BCUT2D eigenvalue weighted by Gasteiger charge is 2.17. The third-order valence-corrected chi connectivity index (χ3v) is 4.19. The van der Waals surface area contributed by atoms with Gasteiger partial charge in [0.25, 0.3) is 0 Å². The van der Waals surface area contributed by atoms with Gasteiger partial charge in [0.15, 0.2) is 5.13 Å². The minimum Gasteiger partial charge on any atom is -0.354 e. The molecule has 6 nitrogen and oxygen atoms in total. The van der Waals surface area contributed by atoms with Crippen LogP contribution in [0.15, 0.2) is 60.9 Å². The summed E-state index contributed by atoms with van der Waals surface area (Å²) in [5.74, 6) is 0. The molecule has 0 saturated carbocycles. The molecule has 0 spiro atoms. The second-order valence-corrected chi connectivity index (χ2v) is 5.90. The summed E-state index contributed by atoms with van der Waals surface area (Å²) >= 11 is 1.03. The van der Waals surface area contributed by atoms with Crippen molar-refractivity contribution < 1.29 is 4.92 Å². The molecule has 1 atom stereocenters. The lowest BCUT2D eigenvalue weighted by Crippen LogP contribution is -2.14. The molecule has 1 unspecified atom stereocenters. The Bertz CT molecular complexity index is 777. The molecule has 7 heteroatoms. The monoisotopic (exact) mass is 326 g/mol. The maximum atomic E-state index is 10.8. The van der Waals surface area contributed by atoms with Gasteiger partial charge in [-0.25, -0.2) is 4.98 Å². The van der Waals surface area contributed by atoms with Crippen LogP contribution in [0.4, 0.5) is 10.1 Å². The lowest BCUT2D eigenvalue weighted by atomic mass is 10.0. The number of nitrogens with one attached hydrogen (secondary N) is 1. The Kier molecular flexibility index (Phi) is 4.58. The molecule has 0 bridgehead atoms. The third-order valence-electron chi connectivity index (χ3n) is 3.31. The number of anilines is 1. The molecule has 0 radical (unpaired) electrons. The van der Waals surface area contributed by atoms with Crippen LogP contribution in [0.3, 0.4) is 0 Å². The van der Waals surface area contributed by atoms with Gasteiger partial charge in [-0.15, -0.1) is 0 Å². The molecule has 0 saturated heterocycles. The first-order valence-electron chi connectivity index (χ1n) is 7.04. The SMILES string of the molecule is O=[N+]([O-])c1cnc(NC(Cc2ccccn2)c2ccccc2)s1. The number of nitro groups is 1. The van der Waals surface area contributed by atoms with E-state index in [0.717, 1.165) is 22.6 Å². The summed E-state index contributed by atoms with van der Waals surface area (Å²) in [5.41, 5.74) is 2.02. The summed E-state index contributed by atoms with van der Waals surface area (Å²) in [4.78, 5) is 18.8. The zero-order valence-corrected chi connectivity index (χ0v) is 12.9. The Morgan fingerprint density at radius 2 is 1.91 bits per heavy atom. The predicted octanol–water partition coefficient (Wildman–Crippen LogP) is 3.84. The van der Waals surface area contributed by atoms with Gasteiger partial charge in [-0.1, -0.05) is 36.4 Å². The number of hydrogen-bond acceptors (Lipinski definition) is 6. The summed E-state index contributed by atoms with van der Waals surface area (Å²) in [6.07, 6.45) is 3.69. The fraction of sp³-hybridized carbons (Fsp3) is 0.125. The van der Waals surface area contributed by atoms with Gasteiger partial charge in [0, 0.05) is 18.3 Å². The summed E-state index contributed by atoms with van der Waals surface area (Å²) in [6, 6.07) is 15.6. The van der Waals surface area contributed by atoms with Crippen molar-refractivity contribution in [1.29, 1.82) is 0 Å². The van der Waals surface area contributed by atoms with E-state index in [9.17, 15) is 10.1 Å². The zero-order valence-electron chi connectivity index (χ0n) is 12.1. The highest BCUT2D eigenvalue weighted by atomic mass is 32.1. The fourth-order valence-electron chi connectivity index (χ4n) is 2.23. The van der Waals surface area contributed by atoms with Gasteiger partial charge in [0.2, 0.25) is 0 Å². The van der Waals surface area contributed by atoms with Crippen LogP contribution in [0.1, 0.15) is 17.3 Å². The van der Waals surface area contributed by atoms with E-state index in [1.165, 1.54) is 6.20 Å². The maximum absolute atomic E-state index is 10.8. The van der Waals surface area contributed by atoms with Crippen LogP contribution in [0.25, 0.3) is 0 Å². The van der Waals surface area contributed by atoms with Crippen molar-refractivity contribution in [2.24, 2.45) is 0 Å².